The van der Waals surface area contributed by atoms with E-state index in [-0.39, 0.29) is 42.5 Å². The molecule has 6 nitrogen and oxygen atoms in total. The van der Waals surface area contributed by atoms with Crippen LogP contribution in [0, 0.1) is 28.6 Å². The lowest BCUT2D eigenvalue weighted by Crippen LogP contribution is -2.73. The Labute approximate surface area is 205 Å². The molecule has 3 saturated carbocycles. The monoisotopic (exact) mass is 494 g/mol. The van der Waals surface area contributed by atoms with E-state index >= 15 is 8.78 Å². The van der Waals surface area contributed by atoms with Crippen LogP contribution in [0.1, 0.15) is 60.3 Å². The summed E-state index contributed by atoms with van der Waals surface area (Å²) >= 11 is 0. The highest BCUT2D eigenvalue weighted by molar-refractivity contribution is 6.01. The van der Waals surface area contributed by atoms with Gasteiger partial charge in [-0.2, -0.15) is 0 Å². The van der Waals surface area contributed by atoms with E-state index in [0.717, 1.165) is 0 Å². The van der Waals surface area contributed by atoms with Crippen LogP contribution >= 0.6 is 0 Å². The van der Waals surface area contributed by atoms with E-state index in [0.29, 0.717) is 19.4 Å². The van der Waals surface area contributed by atoms with Crippen molar-refractivity contribution >= 4 is 11.6 Å². The van der Waals surface area contributed by atoms with Crippen molar-refractivity contribution < 1.29 is 37.7 Å². The first-order valence-electron chi connectivity index (χ1n) is 12.8. The molecule has 0 aromatic heterocycles. The minimum Gasteiger partial charge on any atom is -0.390 e. The van der Waals surface area contributed by atoms with Gasteiger partial charge in [-0.1, -0.05) is 26.8 Å². The summed E-state index contributed by atoms with van der Waals surface area (Å²) < 4.78 is 51.2. The Bertz CT molecular complexity index is 1010. The largest absolute Gasteiger partial charge is 0.390 e. The molecule has 5 aliphatic rings. The zero-order valence-corrected chi connectivity index (χ0v) is 21.1. The Morgan fingerprint density at radius 3 is 2.57 bits per heavy atom. The van der Waals surface area contributed by atoms with Crippen molar-refractivity contribution in [2.45, 2.75) is 89.8 Å². The number of aliphatic hydroxyl groups is 1. The first-order chi connectivity index (χ1) is 16.3. The maximum absolute atomic E-state index is 17.4. The number of hydrogen-bond donors (Lipinski definition) is 1. The van der Waals surface area contributed by atoms with Gasteiger partial charge in [0.2, 0.25) is 0 Å². The van der Waals surface area contributed by atoms with Crippen LogP contribution in [0.15, 0.2) is 23.8 Å². The number of ketones is 2. The number of carbonyl (C=O) groups is 2. The molecule has 0 amide bonds. The molecule has 10 atom stereocenters. The van der Waals surface area contributed by atoms with Crippen LogP contribution < -0.4 is 0 Å². The van der Waals surface area contributed by atoms with Crippen molar-refractivity contribution in [1.82, 2.24) is 0 Å². The maximum atomic E-state index is 17.4. The number of hydrogen-bond acceptors (Lipinski definition) is 6. The molecule has 5 rings (SSSR count). The summed E-state index contributed by atoms with van der Waals surface area (Å²) in [5.41, 5.74) is -5.88. The standard InChI is InChI=1S/C27H36F2O6/c1-6-25(33-7-2)34-14-22(32)27(35-25)15(3)10-17-18-12-20(28)19-11-16(30)8-9-23(19,4)26(18,29)21(31)13-24(17,27)5/h8-9,11,15,17-18,20-21,31H,6-7,10,12-14H2,1-5H3/t15-,17+,18+,20+,21+,23+,24+,25?,26+,27+/m1/s1. The third-order valence-electron chi connectivity index (χ3n) is 10.1. The van der Waals surface area contributed by atoms with E-state index < -0.39 is 52.2 Å². The van der Waals surface area contributed by atoms with E-state index in [1.54, 1.807) is 6.92 Å². The number of fused-ring (bicyclic) bond motifs is 6. The lowest BCUT2D eigenvalue weighted by molar-refractivity contribution is -0.435. The second kappa shape index (κ2) is 7.76. The SMILES string of the molecule is CCOC1(CC)OCC(=O)[C@@]2(O1)[C@H](C)C[C@H]1[C@@H]3C[C@H](F)C4=CC(=O)C=C[C@]4(C)[C@@]3(F)[C@@H](O)C[C@@]12C. The highest BCUT2D eigenvalue weighted by Gasteiger charge is 2.78. The highest BCUT2D eigenvalue weighted by Crippen LogP contribution is 2.72. The number of halogens is 2. The van der Waals surface area contributed by atoms with E-state index in [4.69, 9.17) is 14.2 Å². The van der Waals surface area contributed by atoms with E-state index in [2.05, 4.69) is 0 Å². The summed E-state index contributed by atoms with van der Waals surface area (Å²) in [6.45, 7) is 9.13. The summed E-state index contributed by atoms with van der Waals surface area (Å²) in [4.78, 5) is 25.6. The Morgan fingerprint density at radius 2 is 1.91 bits per heavy atom. The quantitative estimate of drug-likeness (QED) is 0.639. The molecule has 8 heteroatoms. The van der Waals surface area contributed by atoms with Crippen molar-refractivity contribution in [1.29, 1.82) is 0 Å². The molecule has 4 aliphatic carbocycles. The lowest BCUT2D eigenvalue weighted by atomic mass is 9.44. The molecule has 1 aliphatic heterocycles. The Morgan fingerprint density at radius 1 is 1.20 bits per heavy atom. The second-order valence-electron chi connectivity index (χ2n) is 11.5. The fourth-order valence-corrected chi connectivity index (χ4v) is 8.52. The van der Waals surface area contributed by atoms with Crippen molar-refractivity contribution in [3.8, 4) is 0 Å². The number of ether oxygens (including phenoxy) is 3. The smallest absolute Gasteiger partial charge is 0.284 e. The lowest BCUT2D eigenvalue weighted by Gasteiger charge is -2.64. The van der Waals surface area contributed by atoms with Crippen LogP contribution in [0.5, 0.6) is 0 Å². The second-order valence-corrected chi connectivity index (χ2v) is 11.5. The van der Waals surface area contributed by atoms with Gasteiger partial charge in [0.15, 0.2) is 17.2 Å². The first kappa shape index (κ1) is 25.2. The van der Waals surface area contributed by atoms with Gasteiger partial charge in [-0.05, 0) is 62.7 Å². The first-order valence-corrected chi connectivity index (χ1v) is 12.8. The van der Waals surface area contributed by atoms with Crippen LogP contribution in [-0.2, 0) is 23.8 Å². The van der Waals surface area contributed by atoms with Gasteiger partial charge in [0.1, 0.15) is 18.4 Å². The normalized spacial score (nSPS) is 53.3. The van der Waals surface area contributed by atoms with E-state index in [9.17, 15) is 14.7 Å². The summed E-state index contributed by atoms with van der Waals surface area (Å²) in [5, 5.41) is 11.5. The number of aliphatic hydroxyl groups excluding tert-OH is 1. The van der Waals surface area contributed by atoms with Crippen molar-refractivity contribution in [2.24, 2.45) is 28.6 Å². The molecule has 4 fully saturated rings. The molecule has 0 aromatic rings. The van der Waals surface area contributed by atoms with Gasteiger partial charge in [-0.15, -0.1) is 0 Å². The van der Waals surface area contributed by atoms with Gasteiger partial charge in [0.25, 0.3) is 5.97 Å². The minimum atomic E-state index is -2.19. The molecular weight excluding hydrogens is 458 g/mol. The molecule has 1 saturated heterocycles. The summed E-state index contributed by atoms with van der Waals surface area (Å²) in [6.07, 6.45) is 1.47. The number of allylic oxidation sites excluding steroid dienone is 4. The third-order valence-corrected chi connectivity index (χ3v) is 10.1. The van der Waals surface area contributed by atoms with Gasteiger partial charge < -0.3 is 19.3 Å². The molecule has 0 radical (unpaired) electrons. The average molecular weight is 495 g/mol. The topological polar surface area (TPSA) is 82.1 Å². The van der Waals surface area contributed by atoms with Crippen molar-refractivity contribution in [2.75, 3.05) is 13.2 Å². The van der Waals surface area contributed by atoms with Gasteiger partial charge in [-0.3, -0.25) is 9.59 Å². The fourth-order valence-electron chi connectivity index (χ4n) is 8.52. The van der Waals surface area contributed by atoms with Crippen LogP contribution in [0.25, 0.3) is 0 Å². The third kappa shape index (κ3) is 2.88. The number of rotatable bonds is 3. The van der Waals surface area contributed by atoms with Crippen LogP contribution in [0.3, 0.4) is 0 Å². The van der Waals surface area contributed by atoms with Crippen LogP contribution in [0.4, 0.5) is 8.78 Å². The van der Waals surface area contributed by atoms with Gasteiger partial charge >= 0.3 is 0 Å². The van der Waals surface area contributed by atoms with Crippen LogP contribution in [0.2, 0.25) is 0 Å². The van der Waals surface area contributed by atoms with Crippen LogP contribution in [-0.4, -0.2) is 59.4 Å². The zero-order chi connectivity index (χ0) is 25.6. The minimum absolute atomic E-state index is 0.0335. The van der Waals surface area contributed by atoms with E-state index in [1.165, 1.54) is 18.2 Å². The van der Waals surface area contributed by atoms with Crippen molar-refractivity contribution in [3.63, 3.8) is 0 Å². The van der Waals surface area contributed by atoms with Gasteiger partial charge in [0, 0.05) is 29.8 Å². The van der Waals surface area contributed by atoms with Gasteiger partial charge in [0.05, 0.1) is 6.10 Å². The molecule has 35 heavy (non-hydrogen) atoms. The molecule has 1 N–H and O–H groups in total. The number of alkyl halides is 2. The Hall–Kier alpha value is -1.48. The molecule has 0 bridgehead atoms. The number of carbonyl (C=O) groups excluding carboxylic acids is 2. The molecule has 0 aromatic carbocycles. The molecule has 1 spiro atoms. The summed E-state index contributed by atoms with van der Waals surface area (Å²) in [5.74, 6) is -3.64. The average Bonchev–Trinajstić information content (AvgIpc) is 3.02. The Balaban J connectivity index is 1.63. The zero-order valence-electron chi connectivity index (χ0n) is 21.1. The summed E-state index contributed by atoms with van der Waals surface area (Å²) in [6, 6.07) is 0. The predicted octanol–water partition coefficient (Wildman–Crippen LogP) is 4.01. The van der Waals surface area contributed by atoms with Gasteiger partial charge in [-0.25, -0.2) is 8.78 Å². The molecular formula is C27H36F2O6. The predicted molar refractivity (Wildman–Crippen MR) is 123 cm³/mol. The van der Waals surface area contributed by atoms with Crippen molar-refractivity contribution in [3.05, 3.63) is 23.8 Å². The van der Waals surface area contributed by atoms with E-state index in [1.807, 2.05) is 27.7 Å². The Kier molecular flexibility index (Phi) is 5.58. The highest BCUT2D eigenvalue weighted by atomic mass is 19.1. The molecule has 1 unspecified atom stereocenters. The molecule has 1 heterocycles. The summed E-state index contributed by atoms with van der Waals surface area (Å²) in [7, 11) is 0. The number of Topliss-reactive ketones (excluding diaryl/α,β-unsaturated/α-hetero) is 1. The molecule has 194 valence electrons. The fraction of sp³-hybridized carbons (Fsp3) is 0.778. The maximum Gasteiger partial charge on any atom is 0.284 e.